The Morgan fingerprint density at radius 1 is 0.389 bits per heavy atom. The molecule has 0 aromatic carbocycles. The number of unbranched alkanes of at least 4 members (excludes halogenated alkanes) is 6. The molecule has 0 fully saturated rings. The molecule has 0 rings (SSSR count). The third-order valence-electron chi connectivity index (χ3n) is 5.31. The molecule has 8 heteroatoms. The van der Waals surface area contributed by atoms with Crippen molar-refractivity contribution in [1.29, 1.82) is 0 Å². The second-order valence-corrected chi connectivity index (χ2v) is 13.8. The molecule has 0 unspecified atom stereocenters. The van der Waals surface area contributed by atoms with Crippen LogP contribution in [0.3, 0.4) is 0 Å². The Morgan fingerprint density at radius 3 is 0.667 bits per heavy atom. The Balaban J connectivity index is 0. The van der Waals surface area contributed by atoms with Crippen molar-refractivity contribution >= 4 is 17.6 Å². The highest BCUT2D eigenvalue weighted by molar-refractivity contribution is 6.66. The highest BCUT2D eigenvalue weighted by Gasteiger charge is 2.38. The van der Waals surface area contributed by atoms with E-state index in [4.69, 9.17) is 26.6 Å². The standard InChI is InChI=1S/2C14H30O3Si/c2*1-5-9-12-15-18(8-4,16-13-10-6-2)17-14-11-7-3/h2*8H,4-7,9-14H2,1-3H3. The summed E-state index contributed by atoms with van der Waals surface area (Å²) in [4.78, 5) is 0. The lowest BCUT2D eigenvalue weighted by Crippen LogP contribution is -2.45. The van der Waals surface area contributed by atoms with Crippen LogP contribution < -0.4 is 0 Å². The van der Waals surface area contributed by atoms with Crippen LogP contribution in [0.4, 0.5) is 0 Å². The van der Waals surface area contributed by atoms with Crippen molar-refractivity contribution in [3.8, 4) is 0 Å². The lowest BCUT2D eigenvalue weighted by Gasteiger charge is -2.26. The molecular weight excluding hydrogens is 488 g/mol. The van der Waals surface area contributed by atoms with E-state index in [-0.39, 0.29) is 0 Å². The first-order chi connectivity index (χ1) is 17.5. The second-order valence-electron chi connectivity index (χ2n) is 8.83. The molecule has 0 aromatic rings. The third kappa shape index (κ3) is 20.7. The van der Waals surface area contributed by atoms with Gasteiger partial charge < -0.3 is 26.6 Å². The summed E-state index contributed by atoms with van der Waals surface area (Å²) < 4.78 is 35.3. The fourth-order valence-electron chi connectivity index (χ4n) is 2.76. The molecule has 0 radical (unpaired) electrons. The molecule has 0 aliphatic heterocycles. The molecule has 6 nitrogen and oxygen atoms in total. The van der Waals surface area contributed by atoms with E-state index in [2.05, 4.69) is 54.7 Å². The summed E-state index contributed by atoms with van der Waals surface area (Å²) in [6.07, 6.45) is 12.9. The Kier molecular flexibility index (Phi) is 29.1. The van der Waals surface area contributed by atoms with E-state index >= 15 is 0 Å². The van der Waals surface area contributed by atoms with Crippen molar-refractivity contribution in [2.75, 3.05) is 39.6 Å². The predicted octanol–water partition coefficient (Wildman–Crippen LogP) is 8.20. The lowest BCUT2D eigenvalue weighted by atomic mass is 10.4. The molecule has 0 aliphatic rings. The van der Waals surface area contributed by atoms with E-state index in [1.807, 2.05) is 0 Å². The predicted molar refractivity (Wildman–Crippen MR) is 157 cm³/mol. The van der Waals surface area contributed by atoms with Gasteiger partial charge in [-0.3, -0.25) is 0 Å². The quantitative estimate of drug-likeness (QED) is 0.0802. The van der Waals surface area contributed by atoms with E-state index in [1.54, 1.807) is 11.4 Å². The minimum Gasteiger partial charge on any atom is -0.370 e. The van der Waals surface area contributed by atoms with Gasteiger partial charge in [0.25, 0.3) is 0 Å². The summed E-state index contributed by atoms with van der Waals surface area (Å²) >= 11 is 0. The summed E-state index contributed by atoms with van der Waals surface area (Å²) in [5, 5.41) is 0. The van der Waals surface area contributed by atoms with Gasteiger partial charge in [-0.1, -0.05) is 93.2 Å². The fraction of sp³-hybridized carbons (Fsp3) is 0.857. The summed E-state index contributed by atoms with van der Waals surface area (Å²) in [6, 6.07) is 0. The minimum atomic E-state index is -2.62. The zero-order valence-electron chi connectivity index (χ0n) is 24.7. The lowest BCUT2D eigenvalue weighted by molar-refractivity contribution is 0.0679. The van der Waals surface area contributed by atoms with Crippen LogP contribution in [0.2, 0.25) is 0 Å². The maximum absolute atomic E-state index is 5.89. The maximum atomic E-state index is 5.89. The van der Waals surface area contributed by atoms with Gasteiger partial charge in [-0.25, -0.2) is 0 Å². The zero-order chi connectivity index (χ0) is 27.4. The number of rotatable bonds is 26. The Bertz CT molecular complexity index is 384. The van der Waals surface area contributed by atoms with E-state index in [1.165, 1.54) is 0 Å². The first-order valence-corrected chi connectivity index (χ1v) is 18.2. The zero-order valence-corrected chi connectivity index (χ0v) is 26.7. The first-order valence-electron chi connectivity index (χ1n) is 14.6. The molecule has 0 spiro atoms. The van der Waals surface area contributed by atoms with Crippen molar-refractivity contribution in [3.63, 3.8) is 0 Å². The summed E-state index contributed by atoms with van der Waals surface area (Å²) in [6.45, 7) is 24.8. The van der Waals surface area contributed by atoms with Gasteiger partial charge in [0.1, 0.15) is 0 Å². The highest BCUT2D eigenvalue weighted by atomic mass is 28.4. The smallest absolute Gasteiger partial charge is 0.370 e. The van der Waals surface area contributed by atoms with Crippen LogP contribution >= 0.6 is 0 Å². The number of hydrogen-bond acceptors (Lipinski definition) is 6. The van der Waals surface area contributed by atoms with Gasteiger partial charge in [0.05, 0.1) is 0 Å². The summed E-state index contributed by atoms with van der Waals surface area (Å²) in [5.74, 6) is 0. The molecule has 0 aliphatic carbocycles. The molecule has 0 bridgehead atoms. The van der Waals surface area contributed by atoms with Crippen LogP contribution in [0.15, 0.2) is 24.6 Å². The van der Waals surface area contributed by atoms with Crippen LogP contribution in [-0.4, -0.2) is 57.3 Å². The van der Waals surface area contributed by atoms with Gasteiger partial charge in [0.2, 0.25) is 0 Å². The van der Waals surface area contributed by atoms with Crippen molar-refractivity contribution in [2.45, 2.75) is 119 Å². The van der Waals surface area contributed by atoms with Gasteiger partial charge in [-0.15, -0.1) is 0 Å². The molecule has 0 saturated carbocycles. The fourth-order valence-corrected chi connectivity index (χ4v) is 6.54. The van der Waals surface area contributed by atoms with Crippen molar-refractivity contribution in [1.82, 2.24) is 0 Å². The SMILES string of the molecule is C=C[Si](OCCCC)(OCCCC)OCCCC.C=C[Si](OCCCC)(OCCCC)OCCCC. The van der Waals surface area contributed by atoms with Crippen LogP contribution in [0.25, 0.3) is 0 Å². The van der Waals surface area contributed by atoms with Crippen LogP contribution in [-0.2, 0) is 26.6 Å². The van der Waals surface area contributed by atoms with Crippen LogP contribution in [0.5, 0.6) is 0 Å². The molecule has 0 aromatic heterocycles. The monoisotopic (exact) mass is 548 g/mol. The normalized spacial score (nSPS) is 11.7. The minimum absolute atomic E-state index is 0.701. The molecule has 0 amide bonds. The van der Waals surface area contributed by atoms with Gasteiger partial charge in [-0.05, 0) is 49.9 Å². The van der Waals surface area contributed by atoms with Crippen LogP contribution in [0.1, 0.15) is 119 Å². The molecule has 0 saturated heterocycles. The van der Waals surface area contributed by atoms with Gasteiger partial charge in [0, 0.05) is 39.6 Å². The average Bonchev–Trinajstić information content (AvgIpc) is 2.89. The van der Waals surface area contributed by atoms with Gasteiger partial charge in [-0.2, -0.15) is 0 Å². The largest absolute Gasteiger partial charge is 0.529 e. The topological polar surface area (TPSA) is 55.4 Å². The highest BCUT2D eigenvalue weighted by Crippen LogP contribution is 2.15. The number of hydrogen-bond donors (Lipinski definition) is 0. The van der Waals surface area contributed by atoms with Crippen molar-refractivity contribution in [3.05, 3.63) is 24.6 Å². The first kappa shape index (κ1) is 37.8. The van der Waals surface area contributed by atoms with E-state index in [0.29, 0.717) is 39.6 Å². The second kappa shape index (κ2) is 27.7. The Morgan fingerprint density at radius 2 is 0.556 bits per heavy atom. The van der Waals surface area contributed by atoms with Crippen LogP contribution in [0, 0.1) is 0 Å². The molecule has 0 atom stereocenters. The van der Waals surface area contributed by atoms with E-state index < -0.39 is 17.6 Å². The van der Waals surface area contributed by atoms with Gasteiger partial charge >= 0.3 is 17.6 Å². The van der Waals surface area contributed by atoms with Crippen molar-refractivity contribution in [2.24, 2.45) is 0 Å². The summed E-state index contributed by atoms with van der Waals surface area (Å²) in [5.41, 5.74) is 3.54. The molecule has 216 valence electrons. The Labute approximate surface area is 226 Å². The maximum Gasteiger partial charge on any atom is 0.529 e. The molecule has 0 N–H and O–H groups in total. The van der Waals surface area contributed by atoms with Crippen molar-refractivity contribution < 1.29 is 26.6 Å². The molecule has 36 heavy (non-hydrogen) atoms. The molecular formula is C28H60O6Si2. The average molecular weight is 549 g/mol. The Hall–Kier alpha value is -0.326. The summed E-state index contributed by atoms with van der Waals surface area (Å²) in [7, 11) is -5.23. The van der Waals surface area contributed by atoms with E-state index in [9.17, 15) is 0 Å². The third-order valence-corrected chi connectivity index (χ3v) is 9.95. The van der Waals surface area contributed by atoms with E-state index in [0.717, 1.165) is 77.0 Å². The van der Waals surface area contributed by atoms with Gasteiger partial charge in [0.15, 0.2) is 0 Å². The molecule has 0 heterocycles.